The Bertz CT molecular complexity index is 501. The summed E-state index contributed by atoms with van der Waals surface area (Å²) in [7, 11) is 0. The lowest BCUT2D eigenvalue weighted by molar-refractivity contribution is -0.384. The molecular weight excluding hydrogens is 270 g/mol. The van der Waals surface area contributed by atoms with E-state index in [0.29, 0.717) is 18.9 Å². The molecule has 2 rings (SSSR count). The van der Waals surface area contributed by atoms with Gasteiger partial charge in [0.15, 0.2) is 0 Å². The van der Waals surface area contributed by atoms with Gasteiger partial charge >= 0.3 is 0 Å². The summed E-state index contributed by atoms with van der Waals surface area (Å²) in [5.74, 6) is 0.405. The molecule has 0 spiro atoms. The molecule has 2 unspecified atom stereocenters. The van der Waals surface area contributed by atoms with E-state index >= 15 is 0 Å². The number of carbonyl (C=O) groups is 1. The third-order valence-corrected chi connectivity index (χ3v) is 3.91. The summed E-state index contributed by atoms with van der Waals surface area (Å²) in [6.07, 6.45) is 2.87. The standard InChI is InChI=1S/C15H21N3O3/c1-11-3-2-9-16-14(11)15(19)17-10-8-12-4-6-13(7-5-12)18(20)21/h4-7,11,14,16H,2-3,8-10H2,1H3,(H,17,19). The van der Waals surface area contributed by atoms with Crippen LogP contribution in [0.3, 0.4) is 0 Å². The molecule has 0 aliphatic carbocycles. The van der Waals surface area contributed by atoms with Gasteiger partial charge in [-0.15, -0.1) is 0 Å². The van der Waals surface area contributed by atoms with Crippen LogP contribution < -0.4 is 10.6 Å². The zero-order chi connectivity index (χ0) is 15.2. The Morgan fingerprint density at radius 1 is 1.43 bits per heavy atom. The first-order chi connectivity index (χ1) is 10.1. The van der Waals surface area contributed by atoms with Crippen molar-refractivity contribution < 1.29 is 9.72 Å². The van der Waals surface area contributed by atoms with Crippen LogP contribution in [0.15, 0.2) is 24.3 Å². The van der Waals surface area contributed by atoms with E-state index in [0.717, 1.165) is 24.9 Å². The second-order valence-corrected chi connectivity index (χ2v) is 5.52. The quantitative estimate of drug-likeness (QED) is 0.638. The number of nitrogens with one attached hydrogen (secondary N) is 2. The molecule has 114 valence electrons. The highest BCUT2D eigenvalue weighted by atomic mass is 16.6. The number of hydrogen-bond donors (Lipinski definition) is 2. The third kappa shape index (κ3) is 4.26. The summed E-state index contributed by atoms with van der Waals surface area (Å²) < 4.78 is 0. The van der Waals surface area contributed by atoms with Crippen LogP contribution in [0.4, 0.5) is 5.69 Å². The van der Waals surface area contributed by atoms with E-state index in [4.69, 9.17) is 0 Å². The van der Waals surface area contributed by atoms with Gasteiger partial charge in [-0.25, -0.2) is 0 Å². The molecular formula is C15H21N3O3. The van der Waals surface area contributed by atoms with Gasteiger partial charge in [-0.2, -0.15) is 0 Å². The molecule has 2 atom stereocenters. The Labute approximate surface area is 124 Å². The van der Waals surface area contributed by atoms with Crippen molar-refractivity contribution in [2.75, 3.05) is 13.1 Å². The molecule has 1 amide bonds. The molecule has 1 aliphatic rings. The number of carbonyl (C=O) groups excluding carboxylic acids is 1. The van der Waals surface area contributed by atoms with Crippen LogP contribution in [0.2, 0.25) is 0 Å². The van der Waals surface area contributed by atoms with E-state index in [1.54, 1.807) is 12.1 Å². The molecule has 1 aromatic rings. The predicted molar refractivity (Wildman–Crippen MR) is 80.0 cm³/mol. The van der Waals surface area contributed by atoms with Gasteiger partial charge in [0.1, 0.15) is 0 Å². The maximum Gasteiger partial charge on any atom is 0.269 e. The minimum absolute atomic E-state index is 0.0455. The van der Waals surface area contributed by atoms with Gasteiger partial charge in [-0.3, -0.25) is 14.9 Å². The first-order valence-corrected chi connectivity index (χ1v) is 7.32. The largest absolute Gasteiger partial charge is 0.354 e. The summed E-state index contributed by atoms with van der Waals surface area (Å²) in [5, 5.41) is 16.7. The monoisotopic (exact) mass is 291 g/mol. The van der Waals surface area contributed by atoms with E-state index < -0.39 is 4.92 Å². The number of non-ortho nitro benzene ring substituents is 1. The van der Waals surface area contributed by atoms with Crippen LogP contribution in [0.25, 0.3) is 0 Å². The van der Waals surface area contributed by atoms with Gasteiger partial charge in [0.25, 0.3) is 5.69 Å². The lowest BCUT2D eigenvalue weighted by atomic mass is 9.92. The Kier molecular flexibility index (Phi) is 5.27. The zero-order valence-corrected chi connectivity index (χ0v) is 12.2. The normalized spacial score (nSPS) is 21.8. The summed E-state index contributed by atoms with van der Waals surface area (Å²) >= 11 is 0. The van der Waals surface area contributed by atoms with Crippen molar-refractivity contribution in [2.24, 2.45) is 5.92 Å². The van der Waals surface area contributed by atoms with Crippen molar-refractivity contribution in [1.29, 1.82) is 0 Å². The van der Waals surface area contributed by atoms with Crippen molar-refractivity contribution in [3.05, 3.63) is 39.9 Å². The minimum atomic E-state index is -0.415. The van der Waals surface area contributed by atoms with Crippen LogP contribution in [-0.2, 0) is 11.2 Å². The van der Waals surface area contributed by atoms with Gasteiger partial charge in [0.2, 0.25) is 5.91 Å². The van der Waals surface area contributed by atoms with Crippen LogP contribution in [-0.4, -0.2) is 30.0 Å². The Morgan fingerprint density at radius 3 is 2.76 bits per heavy atom. The zero-order valence-electron chi connectivity index (χ0n) is 12.2. The smallest absolute Gasteiger partial charge is 0.269 e. The summed E-state index contributed by atoms with van der Waals surface area (Å²) in [4.78, 5) is 22.2. The van der Waals surface area contributed by atoms with E-state index in [-0.39, 0.29) is 17.6 Å². The van der Waals surface area contributed by atoms with Crippen molar-refractivity contribution in [3.63, 3.8) is 0 Å². The second-order valence-electron chi connectivity index (χ2n) is 5.52. The summed E-state index contributed by atoms with van der Waals surface area (Å²) in [6, 6.07) is 6.33. The highest BCUT2D eigenvalue weighted by Gasteiger charge is 2.26. The molecule has 0 saturated carbocycles. The van der Waals surface area contributed by atoms with Crippen molar-refractivity contribution in [2.45, 2.75) is 32.2 Å². The Balaban J connectivity index is 1.78. The average molecular weight is 291 g/mol. The molecule has 0 bridgehead atoms. The fourth-order valence-electron chi connectivity index (χ4n) is 2.62. The van der Waals surface area contributed by atoms with Crippen LogP contribution >= 0.6 is 0 Å². The van der Waals surface area contributed by atoms with Crippen LogP contribution in [0, 0.1) is 16.0 Å². The van der Waals surface area contributed by atoms with Crippen LogP contribution in [0.5, 0.6) is 0 Å². The van der Waals surface area contributed by atoms with Gasteiger partial charge < -0.3 is 10.6 Å². The molecule has 6 heteroatoms. The van der Waals surface area contributed by atoms with Crippen molar-refractivity contribution in [1.82, 2.24) is 10.6 Å². The molecule has 1 saturated heterocycles. The van der Waals surface area contributed by atoms with Crippen LogP contribution in [0.1, 0.15) is 25.3 Å². The maximum absolute atomic E-state index is 12.1. The number of piperidine rings is 1. The number of amides is 1. The molecule has 2 N–H and O–H groups in total. The maximum atomic E-state index is 12.1. The van der Waals surface area contributed by atoms with E-state index in [9.17, 15) is 14.9 Å². The fraction of sp³-hybridized carbons (Fsp3) is 0.533. The minimum Gasteiger partial charge on any atom is -0.354 e. The SMILES string of the molecule is CC1CCCNC1C(=O)NCCc1ccc([N+](=O)[O-])cc1. The van der Waals surface area contributed by atoms with Gasteiger partial charge in [0, 0.05) is 18.7 Å². The molecule has 1 fully saturated rings. The topological polar surface area (TPSA) is 84.3 Å². The molecule has 1 aromatic carbocycles. The Hall–Kier alpha value is -1.95. The molecule has 1 heterocycles. The number of nitro groups is 1. The van der Waals surface area contributed by atoms with Crippen molar-refractivity contribution >= 4 is 11.6 Å². The number of nitrogens with zero attached hydrogens (tertiary/aromatic N) is 1. The lowest BCUT2D eigenvalue weighted by Gasteiger charge is -2.28. The van der Waals surface area contributed by atoms with E-state index in [1.165, 1.54) is 12.1 Å². The first-order valence-electron chi connectivity index (χ1n) is 7.32. The summed E-state index contributed by atoms with van der Waals surface area (Å²) in [5.41, 5.74) is 1.06. The molecule has 0 aromatic heterocycles. The average Bonchev–Trinajstić information content (AvgIpc) is 2.48. The highest BCUT2D eigenvalue weighted by Crippen LogP contribution is 2.15. The van der Waals surface area contributed by atoms with Gasteiger partial charge in [-0.1, -0.05) is 19.1 Å². The van der Waals surface area contributed by atoms with E-state index in [2.05, 4.69) is 17.6 Å². The van der Waals surface area contributed by atoms with Gasteiger partial charge in [-0.05, 0) is 37.3 Å². The number of benzene rings is 1. The molecule has 21 heavy (non-hydrogen) atoms. The number of nitro benzene ring substituents is 1. The molecule has 1 aliphatic heterocycles. The van der Waals surface area contributed by atoms with Gasteiger partial charge in [0.05, 0.1) is 11.0 Å². The second kappa shape index (κ2) is 7.17. The van der Waals surface area contributed by atoms with E-state index in [1.807, 2.05) is 0 Å². The number of hydrogen-bond acceptors (Lipinski definition) is 4. The fourth-order valence-corrected chi connectivity index (χ4v) is 2.62. The molecule has 0 radical (unpaired) electrons. The lowest BCUT2D eigenvalue weighted by Crippen LogP contribution is -2.51. The first kappa shape index (κ1) is 15.4. The Morgan fingerprint density at radius 2 is 2.14 bits per heavy atom. The summed E-state index contributed by atoms with van der Waals surface area (Å²) in [6.45, 7) is 3.53. The predicted octanol–water partition coefficient (Wildman–Crippen LogP) is 1.64. The highest BCUT2D eigenvalue weighted by molar-refractivity contribution is 5.82. The molecule has 6 nitrogen and oxygen atoms in total. The third-order valence-electron chi connectivity index (χ3n) is 3.91. The van der Waals surface area contributed by atoms with Crippen molar-refractivity contribution in [3.8, 4) is 0 Å². The number of rotatable bonds is 5.